The molecular weight excluding hydrogens is 169 g/mol. The van der Waals surface area contributed by atoms with Crippen molar-refractivity contribution in [3.8, 4) is 0 Å². The van der Waals surface area contributed by atoms with Crippen LogP contribution in [0.5, 0.6) is 0 Å². The number of hydrogen-bond donors (Lipinski definition) is 2. The molecule has 12 heavy (non-hydrogen) atoms. The third kappa shape index (κ3) is 3.77. The van der Waals surface area contributed by atoms with E-state index < -0.39 is 0 Å². The molecule has 1 unspecified atom stereocenters. The second kappa shape index (κ2) is 6.06. The second-order valence-electron chi connectivity index (χ2n) is 2.45. The van der Waals surface area contributed by atoms with Gasteiger partial charge >= 0.3 is 0 Å². The summed E-state index contributed by atoms with van der Waals surface area (Å²) < 4.78 is 0. The summed E-state index contributed by atoms with van der Waals surface area (Å²) in [5.74, 6) is 0. The SMILES string of the molecule is PNCCNCc1ccccn1. The highest BCUT2D eigenvalue weighted by Crippen LogP contribution is 1.90. The number of nitrogens with one attached hydrogen (secondary N) is 2. The van der Waals surface area contributed by atoms with Gasteiger partial charge in [0.2, 0.25) is 0 Å². The first-order valence-corrected chi connectivity index (χ1v) is 4.55. The second-order valence-corrected chi connectivity index (χ2v) is 2.86. The average Bonchev–Trinajstić information content (AvgIpc) is 2.14. The van der Waals surface area contributed by atoms with E-state index in [0.29, 0.717) is 0 Å². The molecule has 1 aromatic heterocycles. The number of aromatic nitrogens is 1. The molecule has 0 aromatic carbocycles. The molecule has 0 spiro atoms. The zero-order valence-electron chi connectivity index (χ0n) is 6.96. The van der Waals surface area contributed by atoms with Crippen LogP contribution in [0.2, 0.25) is 0 Å². The van der Waals surface area contributed by atoms with Crippen LogP contribution in [0.15, 0.2) is 24.4 Å². The minimum atomic E-state index is 0.840. The fourth-order valence-electron chi connectivity index (χ4n) is 0.880. The molecule has 0 bridgehead atoms. The lowest BCUT2D eigenvalue weighted by molar-refractivity contribution is 0.670. The van der Waals surface area contributed by atoms with Crippen molar-refractivity contribution in [2.45, 2.75) is 6.54 Å². The Labute approximate surface area is 75.2 Å². The van der Waals surface area contributed by atoms with Crippen molar-refractivity contribution in [3.63, 3.8) is 0 Å². The average molecular weight is 183 g/mol. The standard InChI is InChI=1S/C8H14N3P/c12-11-6-5-9-7-8-3-1-2-4-10-8/h1-4,9,11H,5-7,12H2. The van der Waals surface area contributed by atoms with Crippen LogP contribution < -0.4 is 10.4 Å². The van der Waals surface area contributed by atoms with E-state index in [-0.39, 0.29) is 0 Å². The van der Waals surface area contributed by atoms with Gasteiger partial charge in [-0.25, -0.2) is 0 Å². The monoisotopic (exact) mass is 183 g/mol. The smallest absolute Gasteiger partial charge is 0.0541 e. The van der Waals surface area contributed by atoms with Gasteiger partial charge in [-0.1, -0.05) is 15.5 Å². The van der Waals surface area contributed by atoms with Crippen LogP contribution in [0, 0.1) is 0 Å². The predicted octanol–water partition coefficient (Wildman–Crippen LogP) is 0.551. The van der Waals surface area contributed by atoms with Gasteiger partial charge in [-0.3, -0.25) is 10.1 Å². The number of hydrogen-bond acceptors (Lipinski definition) is 3. The molecule has 0 aliphatic heterocycles. The first kappa shape index (κ1) is 9.59. The maximum atomic E-state index is 4.19. The Morgan fingerprint density at radius 3 is 2.92 bits per heavy atom. The summed E-state index contributed by atoms with van der Waals surface area (Å²) in [6, 6.07) is 5.94. The maximum Gasteiger partial charge on any atom is 0.0541 e. The lowest BCUT2D eigenvalue weighted by Crippen LogP contribution is -2.22. The molecule has 2 N–H and O–H groups in total. The van der Waals surface area contributed by atoms with E-state index in [1.807, 2.05) is 24.4 Å². The molecule has 0 fully saturated rings. The van der Waals surface area contributed by atoms with E-state index >= 15 is 0 Å². The highest BCUT2D eigenvalue weighted by Gasteiger charge is 1.89. The third-order valence-corrected chi connectivity index (χ3v) is 1.77. The Bertz CT molecular complexity index is 203. The van der Waals surface area contributed by atoms with Gasteiger partial charge < -0.3 is 5.32 Å². The Kier molecular flexibility index (Phi) is 4.85. The summed E-state index contributed by atoms with van der Waals surface area (Å²) >= 11 is 0. The zero-order chi connectivity index (χ0) is 8.65. The predicted molar refractivity (Wildman–Crippen MR) is 53.7 cm³/mol. The molecule has 1 heterocycles. The van der Waals surface area contributed by atoms with Gasteiger partial charge in [-0.2, -0.15) is 0 Å². The molecule has 0 amide bonds. The largest absolute Gasteiger partial charge is 0.310 e. The van der Waals surface area contributed by atoms with Crippen LogP contribution in [0.3, 0.4) is 0 Å². The molecule has 4 heteroatoms. The van der Waals surface area contributed by atoms with Crippen molar-refractivity contribution in [1.29, 1.82) is 0 Å². The molecule has 1 aromatic rings. The molecule has 1 atom stereocenters. The fraction of sp³-hybridized carbons (Fsp3) is 0.375. The minimum absolute atomic E-state index is 0.840. The molecular formula is C8H14N3P. The first-order valence-electron chi connectivity index (χ1n) is 3.97. The van der Waals surface area contributed by atoms with Crippen molar-refractivity contribution < 1.29 is 0 Å². The third-order valence-electron chi connectivity index (χ3n) is 1.48. The van der Waals surface area contributed by atoms with E-state index in [0.717, 1.165) is 25.3 Å². The molecule has 0 saturated heterocycles. The van der Waals surface area contributed by atoms with Crippen LogP contribution in [-0.2, 0) is 6.54 Å². The van der Waals surface area contributed by atoms with Gasteiger partial charge in [-0.15, -0.1) is 0 Å². The van der Waals surface area contributed by atoms with Gasteiger partial charge in [0, 0.05) is 25.8 Å². The molecule has 66 valence electrons. The fourth-order valence-corrected chi connectivity index (χ4v) is 1.02. The van der Waals surface area contributed by atoms with Gasteiger partial charge in [-0.05, 0) is 12.1 Å². The summed E-state index contributed by atoms with van der Waals surface area (Å²) in [7, 11) is 2.47. The van der Waals surface area contributed by atoms with Crippen LogP contribution in [0.1, 0.15) is 5.69 Å². The van der Waals surface area contributed by atoms with Crippen molar-refractivity contribution in [3.05, 3.63) is 30.1 Å². The van der Waals surface area contributed by atoms with Crippen molar-refractivity contribution in [1.82, 2.24) is 15.4 Å². The number of nitrogens with zero attached hydrogens (tertiary/aromatic N) is 1. The van der Waals surface area contributed by atoms with Crippen LogP contribution in [-0.4, -0.2) is 18.1 Å². The molecule has 0 aliphatic rings. The lowest BCUT2D eigenvalue weighted by atomic mass is 10.3. The topological polar surface area (TPSA) is 37.0 Å². The Morgan fingerprint density at radius 2 is 2.25 bits per heavy atom. The van der Waals surface area contributed by atoms with E-state index in [2.05, 4.69) is 24.8 Å². The van der Waals surface area contributed by atoms with E-state index in [1.54, 1.807) is 0 Å². The highest BCUT2D eigenvalue weighted by atomic mass is 31.0. The normalized spacial score (nSPS) is 10.1. The summed E-state index contributed by atoms with van der Waals surface area (Å²) in [4.78, 5) is 4.19. The quantitative estimate of drug-likeness (QED) is 0.517. The molecule has 3 nitrogen and oxygen atoms in total. The summed E-state index contributed by atoms with van der Waals surface area (Å²) in [5.41, 5.74) is 1.08. The summed E-state index contributed by atoms with van der Waals surface area (Å²) in [6.07, 6.45) is 1.81. The number of rotatable bonds is 5. The van der Waals surface area contributed by atoms with Gasteiger partial charge in [0.05, 0.1) is 5.69 Å². The summed E-state index contributed by atoms with van der Waals surface area (Å²) in [5, 5.41) is 6.25. The van der Waals surface area contributed by atoms with Crippen molar-refractivity contribution >= 4 is 9.39 Å². The number of pyridine rings is 1. The first-order chi connectivity index (χ1) is 5.93. The summed E-state index contributed by atoms with van der Waals surface area (Å²) in [6.45, 7) is 2.75. The highest BCUT2D eigenvalue weighted by molar-refractivity contribution is 7.13. The van der Waals surface area contributed by atoms with E-state index in [4.69, 9.17) is 0 Å². The molecule has 0 aliphatic carbocycles. The molecule has 0 saturated carbocycles. The van der Waals surface area contributed by atoms with Gasteiger partial charge in [0.1, 0.15) is 0 Å². The van der Waals surface area contributed by atoms with Crippen LogP contribution in [0.25, 0.3) is 0 Å². The van der Waals surface area contributed by atoms with Gasteiger partial charge in [0.15, 0.2) is 0 Å². The van der Waals surface area contributed by atoms with Crippen molar-refractivity contribution in [2.75, 3.05) is 13.1 Å². The van der Waals surface area contributed by atoms with E-state index in [9.17, 15) is 0 Å². The maximum absolute atomic E-state index is 4.19. The Hall–Kier alpha value is -0.500. The lowest BCUT2D eigenvalue weighted by Gasteiger charge is -2.02. The molecule has 0 radical (unpaired) electrons. The van der Waals surface area contributed by atoms with Crippen molar-refractivity contribution in [2.24, 2.45) is 0 Å². The molecule has 1 rings (SSSR count). The Morgan fingerprint density at radius 1 is 1.33 bits per heavy atom. The van der Waals surface area contributed by atoms with Crippen LogP contribution >= 0.6 is 9.39 Å². The zero-order valence-corrected chi connectivity index (χ0v) is 8.11. The van der Waals surface area contributed by atoms with Crippen LogP contribution in [0.4, 0.5) is 0 Å². The van der Waals surface area contributed by atoms with E-state index in [1.165, 1.54) is 0 Å². The Balaban J connectivity index is 2.16. The minimum Gasteiger partial charge on any atom is -0.310 e. The van der Waals surface area contributed by atoms with Gasteiger partial charge in [0.25, 0.3) is 0 Å².